The molecule has 0 radical (unpaired) electrons. The van der Waals surface area contributed by atoms with E-state index in [9.17, 15) is 5.26 Å². The van der Waals surface area contributed by atoms with E-state index in [2.05, 4.69) is 36.2 Å². The van der Waals surface area contributed by atoms with E-state index in [1.165, 1.54) is 12.8 Å². The Bertz CT molecular complexity index is 1600. The Hall–Kier alpha value is -4.65. The van der Waals surface area contributed by atoms with Gasteiger partial charge in [0.15, 0.2) is 0 Å². The van der Waals surface area contributed by atoms with Crippen molar-refractivity contribution in [3.05, 3.63) is 42.4 Å². The molecule has 2 bridgehead atoms. The van der Waals surface area contributed by atoms with Crippen molar-refractivity contribution in [3.63, 3.8) is 0 Å². The van der Waals surface area contributed by atoms with Crippen molar-refractivity contribution < 1.29 is 18.9 Å². The lowest BCUT2D eigenvalue weighted by Crippen LogP contribution is -2.52. The number of aromatic nitrogens is 4. The largest absolute Gasteiger partial charge is 0.487 e. The van der Waals surface area contributed by atoms with Gasteiger partial charge in [-0.05, 0) is 70.1 Å². The van der Waals surface area contributed by atoms with Gasteiger partial charge in [-0.25, -0.2) is 15.0 Å². The van der Waals surface area contributed by atoms with Crippen LogP contribution in [0.3, 0.4) is 0 Å². The molecule has 6 rings (SSSR count). The Kier molecular flexibility index (Phi) is 11.9. The second-order valence-corrected chi connectivity index (χ2v) is 13.1. The lowest BCUT2D eigenvalue weighted by molar-refractivity contribution is -0.0458. The van der Waals surface area contributed by atoms with Crippen molar-refractivity contribution in [2.75, 3.05) is 44.9 Å². The van der Waals surface area contributed by atoms with Gasteiger partial charge in [-0.1, -0.05) is 11.3 Å². The molecule has 1 saturated carbocycles. The second kappa shape index (κ2) is 16.8. The zero-order chi connectivity index (χ0) is 34.9. The quantitative estimate of drug-likeness (QED) is 0.0519. The fourth-order valence-corrected chi connectivity index (χ4v) is 7.30. The molecular formula is C35H47N11O4. The van der Waals surface area contributed by atoms with Crippen LogP contribution >= 0.6 is 0 Å². The van der Waals surface area contributed by atoms with E-state index in [1.54, 1.807) is 31.5 Å². The smallest absolute Gasteiger partial charge is 0.256 e. The van der Waals surface area contributed by atoms with E-state index in [-0.39, 0.29) is 6.54 Å². The third-order valence-corrected chi connectivity index (χ3v) is 9.72. The maximum atomic E-state index is 9.64. The zero-order valence-corrected chi connectivity index (χ0v) is 28.8. The van der Waals surface area contributed by atoms with E-state index in [1.807, 2.05) is 19.2 Å². The predicted molar refractivity (Wildman–Crippen MR) is 186 cm³/mol. The minimum Gasteiger partial charge on any atom is -0.487 e. The van der Waals surface area contributed by atoms with Gasteiger partial charge < -0.3 is 24.3 Å². The number of hydrogen-bond acceptors (Lipinski definition) is 13. The van der Waals surface area contributed by atoms with Crippen LogP contribution in [0.2, 0.25) is 0 Å². The lowest BCUT2D eigenvalue weighted by atomic mass is 9.89. The highest BCUT2D eigenvalue weighted by Gasteiger charge is 2.42. The summed E-state index contributed by atoms with van der Waals surface area (Å²) in [5.74, 6) is 1.31. The first-order valence-corrected chi connectivity index (χ1v) is 17.6. The molecule has 1 aliphatic carbocycles. The second-order valence-electron chi connectivity index (χ2n) is 13.1. The van der Waals surface area contributed by atoms with Crippen molar-refractivity contribution >= 4 is 18.0 Å². The van der Waals surface area contributed by atoms with Crippen LogP contribution < -0.4 is 14.8 Å². The number of ether oxygens (including phenoxy) is 4. The van der Waals surface area contributed by atoms with Crippen molar-refractivity contribution in [1.82, 2.24) is 29.7 Å². The van der Waals surface area contributed by atoms with Crippen LogP contribution in [0.4, 0.5) is 11.6 Å². The van der Waals surface area contributed by atoms with Gasteiger partial charge in [0.2, 0.25) is 5.95 Å². The first-order chi connectivity index (χ1) is 24.5. The number of anilines is 2. The molecule has 0 amide bonds. The molecule has 15 nitrogen and oxygen atoms in total. The van der Waals surface area contributed by atoms with Gasteiger partial charge in [0.1, 0.15) is 29.9 Å². The number of nitrogens with zero attached hydrogens (tertiary/aromatic N) is 8. The number of morpholine rings is 1. The predicted octanol–water partition coefficient (Wildman–Crippen LogP) is 5.73. The molecule has 0 spiro atoms. The van der Waals surface area contributed by atoms with E-state index in [0.717, 1.165) is 67.8 Å². The summed E-state index contributed by atoms with van der Waals surface area (Å²) in [6.07, 6.45) is 13.7. The summed E-state index contributed by atoms with van der Waals surface area (Å²) in [7, 11) is 0. The van der Waals surface area contributed by atoms with Gasteiger partial charge in [0, 0.05) is 55.7 Å². The summed E-state index contributed by atoms with van der Waals surface area (Å²) in [5, 5.41) is 29.6. The highest BCUT2D eigenvalue weighted by molar-refractivity contribution is 5.67. The van der Waals surface area contributed by atoms with E-state index in [0.29, 0.717) is 72.8 Å². The Morgan fingerprint density at radius 3 is 2.48 bits per heavy atom. The summed E-state index contributed by atoms with van der Waals surface area (Å²) in [6, 6.07) is 9.50. The van der Waals surface area contributed by atoms with Crippen LogP contribution in [0.15, 0.2) is 42.0 Å². The van der Waals surface area contributed by atoms with Crippen LogP contribution in [0.5, 0.6) is 11.6 Å². The minimum absolute atomic E-state index is 0.191. The highest BCUT2D eigenvalue weighted by Crippen LogP contribution is 2.39. The van der Waals surface area contributed by atoms with Gasteiger partial charge in [-0.15, -0.1) is 5.10 Å². The number of nitriles is 1. The summed E-state index contributed by atoms with van der Waals surface area (Å²) in [5.41, 5.74) is 9.77. The van der Waals surface area contributed by atoms with Crippen LogP contribution in [-0.4, -0.2) is 99.8 Å². The Morgan fingerprint density at radius 2 is 1.80 bits per heavy atom. The maximum absolute atomic E-state index is 9.64. The third-order valence-electron chi connectivity index (χ3n) is 9.72. The first-order valence-electron chi connectivity index (χ1n) is 17.6. The monoisotopic (exact) mass is 685 g/mol. The number of nitrogens with one attached hydrogen (secondary N) is 3. The standard InChI is InChI=1S/C35H47N11O4/c1-3-47-13-4-14-49-34-32(20-45(42-34)28-7-9-29(10-8-28)46-30-11-12-31(46)22-48-21-30)41-35-39-17-27(18-40-35)25-5-6-26(16-36)33(15-25)50-24(2)19-44(23-37)43-38/h5-6,15,17-18,20,23-24,28-31,37-38H,3-4,7-14,19,21-22H2,1-2H3,(H,39,40,41)/t24-,28?,29?,30+,31?/m0/s1. The van der Waals surface area contributed by atoms with Gasteiger partial charge in [0.25, 0.3) is 5.88 Å². The Balaban J connectivity index is 1.13. The molecular weight excluding hydrogens is 638 g/mol. The number of rotatable bonds is 17. The molecule has 1 unspecified atom stereocenters. The SMILES string of the molecule is CCOCCCOc1nn(C2CCC(N3C4CC[C@@H]3COC4)CC2)cc1Nc1ncc(-c2ccc(C#N)c(O[C@@H](C)CN(C=N)N=N)c2)cn1. The molecule has 1 aromatic carbocycles. The van der Waals surface area contributed by atoms with E-state index < -0.39 is 6.10 Å². The number of fused-ring (bicyclic) bond motifs is 2. The fraction of sp³-hybridized carbons (Fsp3) is 0.571. The lowest BCUT2D eigenvalue weighted by Gasteiger charge is -2.43. The zero-order valence-electron chi connectivity index (χ0n) is 28.8. The summed E-state index contributed by atoms with van der Waals surface area (Å²) < 4.78 is 25.5. The molecule has 2 saturated heterocycles. The summed E-state index contributed by atoms with van der Waals surface area (Å²) in [4.78, 5) is 11.9. The maximum Gasteiger partial charge on any atom is 0.256 e. The number of hydrogen-bond donors (Lipinski definition) is 3. The van der Waals surface area contributed by atoms with Gasteiger partial charge in [-0.3, -0.25) is 15.0 Å². The van der Waals surface area contributed by atoms with Crippen molar-refractivity contribution in [2.45, 2.75) is 89.1 Å². The molecule has 50 heavy (non-hydrogen) atoms. The summed E-state index contributed by atoms with van der Waals surface area (Å²) >= 11 is 0. The van der Waals surface area contributed by atoms with Gasteiger partial charge in [0.05, 0.1) is 44.2 Å². The minimum atomic E-state index is -0.428. The summed E-state index contributed by atoms with van der Waals surface area (Å²) in [6.45, 7) is 7.49. The molecule has 3 aromatic rings. The molecule has 2 aromatic heterocycles. The molecule has 3 N–H and O–H groups in total. The van der Waals surface area contributed by atoms with E-state index in [4.69, 9.17) is 35.0 Å². The molecule has 3 fully saturated rings. The van der Waals surface area contributed by atoms with Gasteiger partial charge >= 0.3 is 0 Å². The molecule has 3 atom stereocenters. The number of benzene rings is 1. The molecule has 15 heteroatoms. The van der Waals surface area contributed by atoms with Crippen LogP contribution in [0.25, 0.3) is 11.1 Å². The normalized spacial score (nSPS) is 22.3. The van der Waals surface area contributed by atoms with Crippen LogP contribution in [-0.2, 0) is 9.47 Å². The van der Waals surface area contributed by atoms with E-state index >= 15 is 0 Å². The Labute approximate surface area is 292 Å². The van der Waals surface area contributed by atoms with Crippen LogP contribution in [0, 0.1) is 22.3 Å². The molecule has 4 heterocycles. The average molecular weight is 686 g/mol. The topological polar surface area (TPSA) is 183 Å². The molecule has 3 aliphatic rings. The van der Waals surface area contributed by atoms with Crippen molar-refractivity contribution in [1.29, 1.82) is 16.2 Å². The highest BCUT2D eigenvalue weighted by atomic mass is 16.5. The Morgan fingerprint density at radius 1 is 1.08 bits per heavy atom. The fourth-order valence-electron chi connectivity index (χ4n) is 7.30. The van der Waals surface area contributed by atoms with Crippen molar-refractivity contribution in [3.8, 4) is 28.8 Å². The molecule has 266 valence electrons. The molecule has 2 aliphatic heterocycles. The van der Waals surface area contributed by atoms with Crippen molar-refractivity contribution in [2.24, 2.45) is 5.22 Å². The van der Waals surface area contributed by atoms with Crippen LogP contribution in [0.1, 0.15) is 70.4 Å². The first kappa shape index (κ1) is 35.2. The third kappa shape index (κ3) is 8.38. The average Bonchev–Trinajstić information content (AvgIpc) is 3.66. The van der Waals surface area contributed by atoms with Gasteiger partial charge in [-0.2, -0.15) is 10.8 Å².